The summed E-state index contributed by atoms with van der Waals surface area (Å²) in [4.78, 5) is 20.2. The zero-order chi connectivity index (χ0) is 24.9. The molecule has 1 aromatic heterocycles. The van der Waals surface area contributed by atoms with Gasteiger partial charge in [0.25, 0.3) is 0 Å². The summed E-state index contributed by atoms with van der Waals surface area (Å²) in [5.41, 5.74) is 5.45. The van der Waals surface area contributed by atoms with Crippen LogP contribution < -0.4 is 0 Å². The van der Waals surface area contributed by atoms with Gasteiger partial charge < -0.3 is 14.8 Å². The third-order valence-electron chi connectivity index (χ3n) is 7.00. The number of hydrogen-bond donors (Lipinski definition) is 2. The molecule has 0 atom stereocenters. The minimum atomic E-state index is -0.389. The Hall–Kier alpha value is -3.86. The SMILES string of the molecule is CCOC(=O)c1ccc2c(C(=Nc3ccc(CC4CCCCC4)cc3)c3ccccc3)c(O)[nH]c2c1. The zero-order valence-corrected chi connectivity index (χ0v) is 20.7. The average Bonchev–Trinajstić information content (AvgIpc) is 3.24. The molecule has 4 aromatic rings. The number of carbonyl (C=O) groups is 1. The Morgan fingerprint density at radius 2 is 1.72 bits per heavy atom. The van der Waals surface area contributed by atoms with Crippen molar-refractivity contribution >= 4 is 28.3 Å². The number of aromatic amines is 1. The van der Waals surface area contributed by atoms with Gasteiger partial charge in [-0.2, -0.15) is 0 Å². The number of aliphatic imine (C=N–C) groups is 1. The molecule has 2 N–H and O–H groups in total. The number of nitrogens with one attached hydrogen (secondary N) is 1. The number of hydrogen-bond acceptors (Lipinski definition) is 4. The first kappa shape index (κ1) is 23.9. The highest BCUT2D eigenvalue weighted by Crippen LogP contribution is 2.33. The van der Waals surface area contributed by atoms with Gasteiger partial charge in [0.1, 0.15) is 0 Å². The number of fused-ring (bicyclic) bond motifs is 1. The van der Waals surface area contributed by atoms with Gasteiger partial charge in [-0.3, -0.25) is 0 Å². The molecule has 0 radical (unpaired) electrons. The fraction of sp³-hybridized carbons (Fsp3) is 0.290. The first-order valence-corrected chi connectivity index (χ1v) is 12.9. The van der Waals surface area contributed by atoms with Crippen molar-refractivity contribution in [2.24, 2.45) is 10.9 Å². The molecule has 0 spiro atoms. The number of aromatic nitrogens is 1. The van der Waals surface area contributed by atoms with Gasteiger partial charge in [0.15, 0.2) is 5.88 Å². The average molecular weight is 481 g/mol. The summed E-state index contributed by atoms with van der Waals surface area (Å²) in [7, 11) is 0. The highest BCUT2D eigenvalue weighted by molar-refractivity contribution is 6.22. The van der Waals surface area contributed by atoms with Gasteiger partial charge in [0.05, 0.1) is 29.1 Å². The van der Waals surface area contributed by atoms with Crippen molar-refractivity contribution in [3.05, 3.63) is 95.1 Å². The lowest BCUT2D eigenvalue weighted by Crippen LogP contribution is -2.09. The summed E-state index contributed by atoms with van der Waals surface area (Å²) >= 11 is 0. The van der Waals surface area contributed by atoms with E-state index in [-0.39, 0.29) is 11.8 Å². The van der Waals surface area contributed by atoms with Crippen LogP contribution in [0, 0.1) is 5.92 Å². The van der Waals surface area contributed by atoms with Crippen LogP contribution in [0.5, 0.6) is 5.88 Å². The molecule has 0 saturated heterocycles. The van der Waals surface area contributed by atoms with Crippen LogP contribution >= 0.6 is 0 Å². The molecule has 1 heterocycles. The number of H-pyrrole nitrogens is 1. The van der Waals surface area contributed by atoms with E-state index in [0.29, 0.717) is 29.0 Å². The van der Waals surface area contributed by atoms with Crippen molar-refractivity contribution in [1.82, 2.24) is 4.98 Å². The summed E-state index contributed by atoms with van der Waals surface area (Å²) in [5.74, 6) is 0.415. The monoisotopic (exact) mass is 480 g/mol. The number of carbonyl (C=O) groups excluding carboxylic acids is 1. The smallest absolute Gasteiger partial charge is 0.338 e. The third-order valence-corrected chi connectivity index (χ3v) is 7.00. The molecule has 1 fully saturated rings. The maximum Gasteiger partial charge on any atom is 0.338 e. The predicted octanol–water partition coefficient (Wildman–Crippen LogP) is 7.34. The van der Waals surface area contributed by atoms with Crippen LogP contribution in [0.3, 0.4) is 0 Å². The normalized spacial score (nSPS) is 14.8. The highest BCUT2D eigenvalue weighted by Gasteiger charge is 2.20. The predicted molar refractivity (Wildman–Crippen MR) is 144 cm³/mol. The second-order valence-corrected chi connectivity index (χ2v) is 9.53. The van der Waals surface area contributed by atoms with Crippen molar-refractivity contribution < 1.29 is 14.6 Å². The lowest BCUT2D eigenvalue weighted by molar-refractivity contribution is 0.0526. The fourth-order valence-electron chi connectivity index (χ4n) is 5.19. The Balaban J connectivity index is 1.52. The topological polar surface area (TPSA) is 74.7 Å². The molecule has 0 unspecified atom stereocenters. The van der Waals surface area contributed by atoms with Crippen molar-refractivity contribution in [2.75, 3.05) is 6.61 Å². The first-order valence-electron chi connectivity index (χ1n) is 12.9. The molecule has 3 aromatic carbocycles. The molecule has 0 amide bonds. The maximum absolute atomic E-state index is 12.2. The Kier molecular flexibility index (Phi) is 7.17. The van der Waals surface area contributed by atoms with Crippen LogP contribution in [-0.2, 0) is 11.2 Å². The van der Waals surface area contributed by atoms with Crippen LogP contribution in [-0.4, -0.2) is 28.4 Å². The Morgan fingerprint density at radius 3 is 2.44 bits per heavy atom. The molecule has 5 heteroatoms. The Bertz CT molecular complexity index is 1360. The van der Waals surface area contributed by atoms with E-state index in [2.05, 4.69) is 29.2 Å². The van der Waals surface area contributed by atoms with E-state index in [4.69, 9.17) is 9.73 Å². The Labute approximate surface area is 211 Å². The van der Waals surface area contributed by atoms with E-state index in [1.54, 1.807) is 19.1 Å². The minimum absolute atomic E-state index is 0.0162. The van der Waals surface area contributed by atoms with Gasteiger partial charge in [0.2, 0.25) is 0 Å². The van der Waals surface area contributed by atoms with Crippen molar-refractivity contribution in [3.63, 3.8) is 0 Å². The second-order valence-electron chi connectivity index (χ2n) is 9.53. The number of benzene rings is 3. The standard InChI is InChI=1S/C31H32N2O3/c1-2-36-31(35)24-15-18-26-27(20-24)33-30(34)28(26)29(23-11-7-4-8-12-23)32-25-16-13-22(14-17-25)19-21-9-5-3-6-10-21/h4,7-8,11-18,20-21,33-34H,2-3,5-6,9-10,19H2,1H3. The summed E-state index contributed by atoms with van der Waals surface area (Å²) in [6, 6.07) is 23.6. The molecular formula is C31H32N2O3. The van der Waals surface area contributed by atoms with E-state index in [1.807, 2.05) is 36.4 Å². The molecule has 0 aliphatic heterocycles. The van der Waals surface area contributed by atoms with E-state index < -0.39 is 0 Å². The van der Waals surface area contributed by atoms with Crippen LogP contribution in [0.15, 0.2) is 77.8 Å². The van der Waals surface area contributed by atoms with Gasteiger partial charge in [-0.25, -0.2) is 9.79 Å². The quantitative estimate of drug-likeness (QED) is 0.215. The Morgan fingerprint density at radius 1 is 0.972 bits per heavy atom. The van der Waals surface area contributed by atoms with E-state index in [0.717, 1.165) is 29.0 Å². The summed E-state index contributed by atoms with van der Waals surface area (Å²) in [6.07, 6.45) is 7.86. The van der Waals surface area contributed by atoms with Crippen LogP contribution in [0.4, 0.5) is 5.69 Å². The number of nitrogens with zero attached hydrogens (tertiary/aromatic N) is 1. The summed E-state index contributed by atoms with van der Waals surface area (Å²) in [5, 5.41) is 11.7. The third kappa shape index (κ3) is 5.20. The van der Waals surface area contributed by atoms with E-state index in [9.17, 15) is 9.90 Å². The molecule has 184 valence electrons. The minimum Gasteiger partial charge on any atom is -0.494 e. The number of ether oxygens (including phenoxy) is 1. The second kappa shape index (κ2) is 10.8. The van der Waals surface area contributed by atoms with Crippen LogP contribution in [0.2, 0.25) is 0 Å². The van der Waals surface area contributed by atoms with E-state index in [1.165, 1.54) is 37.7 Å². The molecule has 36 heavy (non-hydrogen) atoms. The number of esters is 1. The molecule has 1 saturated carbocycles. The van der Waals surface area contributed by atoms with Gasteiger partial charge in [-0.05, 0) is 49.1 Å². The first-order chi connectivity index (χ1) is 17.6. The maximum atomic E-state index is 12.2. The molecule has 0 bridgehead atoms. The van der Waals surface area contributed by atoms with Gasteiger partial charge in [-0.15, -0.1) is 0 Å². The van der Waals surface area contributed by atoms with Crippen LogP contribution in [0.1, 0.15) is 66.1 Å². The van der Waals surface area contributed by atoms with Crippen molar-refractivity contribution in [3.8, 4) is 5.88 Å². The van der Waals surface area contributed by atoms with Crippen molar-refractivity contribution in [1.29, 1.82) is 0 Å². The molecule has 5 rings (SSSR count). The van der Waals surface area contributed by atoms with E-state index >= 15 is 0 Å². The van der Waals surface area contributed by atoms with Crippen LogP contribution in [0.25, 0.3) is 10.9 Å². The molecule has 5 nitrogen and oxygen atoms in total. The van der Waals surface area contributed by atoms with Crippen molar-refractivity contribution in [2.45, 2.75) is 45.4 Å². The number of rotatable bonds is 7. The molecule has 1 aliphatic carbocycles. The lowest BCUT2D eigenvalue weighted by atomic mass is 9.85. The summed E-state index contributed by atoms with van der Waals surface area (Å²) < 4.78 is 5.13. The lowest BCUT2D eigenvalue weighted by Gasteiger charge is -2.21. The summed E-state index contributed by atoms with van der Waals surface area (Å²) in [6.45, 7) is 2.09. The van der Waals surface area contributed by atoms with Gasteiger partial charge in [0, 0.05) is 16.5 Å². The molecular weight excluding hydrogens is 448 g/mol. The largest absolute Gasteiger partial charge is 0.494 e. The highest BCUT2D eigenvalue weighted by atomic mass is 16.5. The fourth-order valence-corrected chi connectivity index (χ4v) is 5.19. The zero-order valence-electron chi connectivity index (χ0n) is 20.7. The molecule has 1 aliphatic rings. The number of aromatic hydroxyl groups is 1. The van der Waals surface area contributed by atoms with Gasteiger partial charge in [-0.1, -0.05) is 80.6 Å². The van der Waals surface area contributed by atoms with Gasteiger partial charge >= 0.3 is 5.97 Å².